The van der Waals surface area contributed by atoms with Crippen LogP contribution < -0.4 is 0 Å². The van der Waals surface area contributed by atoms with Crippen LogP contribution in [0.5, 0.6) is 0 Å². The van der Waals surface area contributed by atoms with Gasteiger partial charge in [-0.25, -0.2) is 0 Å². The molecule has 9 unspecified atom stereocenters. The lowest BCUT2D eigenvalue weighted by atomic mass is 9.75. The van der Waals surface area contributed by atoms with Crippen molar-refractivity contribution in [3.63, 3.8) is 0 Å². The van der Waals surface area contributed by atoms with Crippen LogP contribution in [0.25, 0.3) is 0 Å². The fourth-order valence-electron chi connectivity index (χ4n) is 8.75. The average molecular weight is 469 g/mol. The summed E-state index contributed by atoms with van der Waals surface area (Å²) in [6.45, 7) is 2.36. The maximum absolute atomic E-state index is 12.4. The van der Waals surface area contributed by atoms with E-state index in [0.717, 1.165) is 84.0 Å². The highest BCUT2D eigenvalue weighted by Gasteiger charge is 2.66. The molecule has 0 aromatic heterocycles. The van der Waals surface area contributed by atoms with Crippen molar-refractivity contribution < 1.29 is 31.5 Å². The molecule has 0 radical (unpaired) electrons. The molecule has 3 aliphatic heterocycles. The molecule has 2 spiro atoms. The molecule has 7 nitrogen and oxygen atoms in total. The van der Waals surface area contributed by atoms with Gasteiger partial charge in [0, 0.05) is 31.6 Å². The van der Waals surface area contributed by atoms with Gasteiger partial charge in [-0.15, -0.1) is 0 Å². The third-order valence-electron chi connectivity index (χ3n) is 9.97. The molecule has 8 heteroatoms. The van der Waals surface area contributed by atoms with E-state index in [9.17, 15) is 8.42 Å². The molecule has 4 aliphatic carbocycles. The fraction of sp³-hybridized carbons (Fsp3) is 1.00. The van der Waals surface area contributed by atoms with Gasteiger partial charge in [0.2, 0.25) is 0 Å². The van der Waals surface area contributed by atoms with Crippen LogP contribution in [0.4, 0.5) is 0 Å². The summed E-state index contributed by atoms with van der Waals surface area (Å²) in [5, 5.41) is -0.303. The molecule has 180 valence electrons. The molecule has 0 amide bonds. The molecule has 32 heavy (non-hydrogen) atoms. The van der Waals surface area contributed by atoms with Gasteiger partial charge in [0.05, 0.1) is 37.3 Å². The Morgan fingerprint density at radius 1 is 0.688 bits per heavy atom. The van der Waals surface area contributed by atoms with Crippen LogP contribution in [0.15, 0.2) is 0 Å². The van der Waals surface area contributed by atoms with Crippen LogP contribution in [0.3, 0.4) is 0 Å². The maximum Gasteiger partial charge on any atom is 0.270 e. The quantitative estimate of drug-likeness (QED) is 0.575. The normalized spacial score (nSPS) is 53.4. The van der Waals surface area contributed by atoms with Gasteiger partial charge in [0.1, 0.15) is 0 Å². The minimum absolute atomic E-state index is 0.101. The predicted octanol–water partition coefficient (Wildman–Crippen LogP) is 3.36. The van der Waals surface area contributed by atoms with Gasteiger partial charge in [-0.3, -0.25) is 4.18 Å². The van der Waals surface area contributed by atoms with Crippen LogP contribution >= 0.6 is 0 Å². The minimum atomic E-state index is -3.38. The number of rotatable bonds is 2. The Bertz CT molecular complexity index is 850. The van der Waals surface area contributed by atoms with E-state index in [-0.39, 0.29) is 29.2 Å². The number of hydrogen-bond acceptors (Lipinski definition) is 7. The van der Waals surface area contributed by atoms with Gasteiger partial charge in [0.25, 0.3) is 10.1 Å². The zero-order valence-corrected chi connectivity index (χ0v) is 19.6. The lowest BCUT2D eigenvalue weighted by molar-refractivity contribution is -0.322. The van der Waals surface area contributed by atoms with E-state index in [4.69, 9.17) is 23.1 Å². The molecule has 0 aromatic carbocycles. The molecule has 4 saturated carbocycles. The van der Waals surface area contributed by atoms with E-state index in [0.29, 0.717) is 23.7 Å². The monoisotopic (exact) mass is 468 g/mol. The summed E-state index contributed by atoms with van der Waals surface area (Å²) in [5.74, 6) is 1.21. The van der Waals surface area contributed by atoms with Crippen molar-refractivity contribution in [2.45, 2.75) is 99.7 Å². The number of hydrogen-bond donors (Lipinski definition) is 0. The summed E-state index contributed by atoms with van der Waals surface area (Å²) in [4.78, 5) is 0. The van der Waals surface area contributed by atoms with Gasteiger partial charge in [0.15, 0.2) is 11.6 Å². The molecule has 2 bridgehead atoms. The van der Waals surface area contributed by atoms with Crippen LogP contribution in [0.2, 0.25) is 0 Å². The molecule has 7 aliphatic rings. The Hall–Kier alpha value is -0.250. The summed E-state index contributed by atoms with van der Waals surface area (Å²) in [6.07, 6.45) is 10.9. The van der Waals surface area contributed by atoms with Crippen LogP contribution in [0, 0.1) is 29.6 Å². The third kappa shape index (κ3) is 3.19. The first-order valence-electron chi connectivity index (χ1n) is 13.0. The second kappa shape index (κ2) is 7.37. The van der Waals surface area contributed by atoms with Crippen LogP contribution in [-0.4, -0.2) is 57.3 Å². The van der Waals surface area contributed by atoms with Crippen molar-refractivity contribution in [1.29, 1.82) is 0 Å². The summed E-state index contributed by atoms with van der Waals surface area (Å²) < 4.78 is 55.8. The van der Waals surface area contributed by atoms with Crippen molar-refractivity contribution in [3.05, 3.63) is 0 Å². The maximum atomic E-state index is 12.4. The molecule has 9 atom stereocenters. The molecular weight excluding hydrogens is 432 g/mol. The van der Waals surface area contributed by atoms with E-state index in [1.165, 1.54) is 6.42 Å². The SMILES string of the molecule is O=S1(=O)OC2CC3CC1C2C3C1CCOC2(CCCC(C3CCC4(C3)OCCCO4)C2)O1. The first-order valence-corrected chi connectivity index (χ1v) is 14.4. The Balaban J connectivity index is 1.06. The Morgan fingerprint density at radius 3 is 2.31 bits per heavy atom. The molecule has 3 saturated heterocycles. The third-order valence-corrected chi connectivity index (χ3v) is 11.7. The van der Waals surface area contributed by atoms with Gasteiger partial charge in [-0.05, 0) is 68.6 Å². The lowest BCUT2D eigenvalue weighted by Crippen LogP contribution is -2.51. The minimum Gasteiger partial charge on any atom is -0.350 e. The molecule has 0 aromatic rings. The van der Waals surface area contributed by atoms with Gasteiger partial charge in [-0.1, -0.05) is 0 Å². The highest BCUT2D eigenvalue weighted by atomic mass is 32.2. The van der Waals surface area contributed by atoms with E-state index in [2.05, 4.69) is 0 Å². The average Bonchev–Trinajstić information content (AvgIpc) is 3.48. The highest BCUT2D eigenvalue weighted by Crippen LogP contribution is 2.61. The zero-order valence-electron chi connectivity index (χ0n) is 18.8. The van der Waals surface area contributed by atoms with Crippen LogP contribution in [-0.2, 0) is 33.2 Å². The fourth-order valence-corrected chi connectivity index (χ4v) is 10.7. The first-order chi connectivity index (χ1) is 15.5. The second-order valence-electron chi connectivity index (χ2n) is 11.6. The van der Waals surface area contributed by atoms with Crippen molar-refractivity contribution >= 4 is 10.1 Å². The van der Waals surface area contributed by atoms with E-state index in [1.54, 1.807) is 0 Å². The van der Waals surface area contributed by atoms with Crippen molar-refractivity contribution in [3.8, 4) is 0 Å². The molecule has 3 heterocycles. The van der Waals surface area contributed by atoms with E-state index < -0.39 is 15.9 Å². The van der Waals surface area contributed by atoms with E-state index >= 15 is 0 Å². The van der Waals surface area contributed by atoms with Crippen molar-refractivity contribution in [2.24, 2.45) is 29.6 Å². The topological polar surface area (TPSA) is 80.3 Å². The molecular formula is C24H36O7S. The second-order valence-corrected chi connectivity index (χ2v) is 13.4. The summed E-state index contributed by atoms with van der Waals surface area (Å²) in [7, 11) is -3.38. The van der Waals surface area contributed by atoms with Crippen molar-refractivity contribution in [1.82, 2.24) is 0 Å². The molecule has 0 N–H and O–H groups in total. The van der Waals surface area contributed by atoms with Gasteiger partial charge >= 0.3 is 0 Å². The lowest BCUT2D eigenvalue weighted by Gasteiger charge is -2.48. The standard InChI is InChI=1S/C24H36O7S/c25-32(26)20-12-17-11-19(31-32)22(20)21(17)18-5-10-29-24(30-18)6-1-3-15(14-24)16-4-7-23(13-16)27-8-2-9-28-23/h15-22H,1-14H2. The summed E-state index contributed by atoms with van der Waals surface area (Å²) >= 11 is 0. The predicted molar refractivity (Wildman–Crippen MR) is 114 cm³/mol. The molecule has 7 fully saturated rings. The number of fused-ring (bicyclic) bond motifs is 1. The first kappa shape index (κ1) is 21.1. The number of ether oxygens (including phenoxy) is 4. The summed E-state index contributed by atoms with van der Waals surface area (Å²) in [5.41, 5.74) is 0. The van der Waals surface area contributed by atoms with Gasteiger partial charge in [-0.2, -0.15) is 8.42 Å². The smallest absolute Gasteiger partial charge is 0.270 e. The van der Waals surface area contributed by atoms with E-state index in [1.807, 2.05) is 0 Å². The molecule has 7 rings (SSSR count). The summed E-state index contributed by atoms with van der Waals surface area (Å²) in [6, 6.07) is 0. The van der Waals surface area contributed by atoms with Crippen molar-refractivity contribution in [2.75, 3.05) is 19.8 Å². The Labute approximate surface area is 190 Å². The largest absolute Gasteiger partial charge is 0.350 e. The van der Waals surface area contributed by atoms with Crippen LogP contribution in [0.1, 0.15) is 70.6 Å². The zero-order chi connectivity index (χ0) is 21.6. The Kier molecular flexibility index (Phi) is 4.85. The van der Waals surface area contributed by atoms with Gasteiger partial charge < -0.3 is 18.9 Å². The Morgan fingerprint density at radius 2 is 1.47 bits per heavy atom. The highest BCUT2D eigenvalue weighted by molar-refractivity contribution is 7.87.